The molecule has 1 fully saturated rings. The zero-order chi connectivity index (χ0) is 25.5. The number of aliphatic carboxylic acids is 1. The summed E-state index contributed by atoms with van der Waals surface area (Å²) in [6.07, 6.45) is 4.18. The standard InChI is InChI=1S/C22H33N3O2.C2HF3O2/c1-22(24,11-14-26)21(27)25-12-9-16(10-13-25)18-7-8-20(23)19(15-18)17-5-3-2-4-6-17;3-2(4,5)1(6)7/h5,7-8,15-16,26H,2-4,6,9-14,23-24H2,1H3;(H,6,7). The van der Waals surface area contributed by atoms with Crippen LogP contribution in [0, 0.1) is 0 Å². The van der Waals surface area contributed by atoms with Gasteiger partial charge in [0.2, 0.25) is 5.91 Å². The monoisotopic (exact) mass is 485 g/mol. The number of allylic oxidation sites excluding steroid dienone is 2. The molecule has 0 saturated carbocycles. The summed E-state index contributed by atoms with van der Waals surface area (Å²) in [4.78, 5) is 23.4. The van der Waals surface area contributed by atoms with Gasteiger partial charge >= 0.3 is 12.1 Å². The zero-order valence-electron chi connectivity index (χ0n) is 19.4. The van der Waals surface area contributed by atoms with Gasteiger partial charge in [0, 0.05) is 30.9 Å². The third-order valence-electron chi connectivity index (χ3n) is 6.33. The number of hydrogen-bond acceptors (Lipinski definition) is 5. The minimum absolute atomic E-state index is 0.0552. The number of nitrogen functional groups attached to an aromatic ring is 1. The molecule has 1 unspecified atom stereocenters. The van der Waals surface area contributed by atoms with E-state index in [2.05, 4.69) is 18.2 Å². The zero-order valence-corrected chi connectivity index (χ0v) is 19.4. The molecule has 2 aliphatic rings. The van der Waals surface area contributed by atoms with Crippen LogP contribution in [0.2, 0.25) is 0 Å². The first kappa shape index (κ1) is 27.7. The van der Waals surface area contributed by atoms with Gasteiger partial charge in [0.05, 0.1) is 5.54 Å². The average Bonchev–Trinajstić information content (AvgIpc) is 2.79. The van der Waals surface area contributed by atoms with Gasteiger partial charge in [-0.05, 0) is 81.1 Å². The number of benzene rings is 1. The number of aliphatic hydroxyl groups is 1. The number of rotatable bonds is 5. The van der Waals surface area contributed by atoms with Crippen LogP contribution in [0.5, 0.6) is 0 Å². The predicted octanol–water partition coefficient (Wildman–Crippen LogP) is 3.67. The second-order valence-corrected chi connectivity index (χ2v) is 9.08. The van der Waals surface area contributed by atoms with Crippen LogP contribution in [0.25, 0.3) is 5.57 Å². The lowest BCUT2D eigenvalue weighted by atomic mass is 9.85. The summed E-state index contributed by atoms with van der Waals surface area (Å²) in [5.74, 6) is -2.37. The Balaban J connectivity index is 0.000000509. The lowest BCUT2D eigenvalue weighted by Gasteiger charge is -2.37. The molecule has 1 amide bonds. The maximum absolute atomic E-state index is 12.6. The Hall–Kier alpha value is -2.59. The lowest BCUT2D eigenvalue weighted by molar-refractivity contribution is -0.192. The Morgan fingerprint density at radius 3 is 2.29 bits per heavy atom. The summed E-state index contributed by atoms with van der Waals surface area (Å²) < 4.78 is 31.7. The van der Waals surface area contributed by atoms with Crippen LogP contribution >= 0.6 is 0 Å². The molecule has 1 aromatic rings. The Morgan fingerprint density at radius 1 is 1.18 bits per heavy atom. The van der Waals surface area contributed by atoms with Crippen molar-refractivity contribution < 1.29 is 33.0 Å². The van der Waals surface area contributed by atoms with E-state index in [-0.39, 0.29) is 12.5 Å². The Bertz CT molecular complexity index is 892. The number of aliphatic hydroxyl groups excluding tert-OH is 1. The summed E-state index contributed by atoms with van der Waals surface area (Å²) in [6.45, 7) is 3.06. The number of halogens is 3. The number of nitrogens with two attached hydrogens (primary N) is 2. The van der Waals surface area contributed by atoms with E-state index in [4.69, 9.17) is 26.5 Å². The average molecular weight is 486 g/mol. The number of alkyl halides is 3. The number of amides is 1. The van der Waals surface area contributed by atoms with Crippen molar-refractivity contribution in [1.29, 1.82) is 0 Å². The molecule has 190 valence electrons. The number of carboxylic acids is 1. The second kappa shape index (κ2) is 11.7. The fourth-order valence-corrected chi connectivity index (χ4v) is 4.30. The molecule has 0 aromatic heterocycles. The number of carbonyl (C=O) groups is 2. The Labute approximate surface area is 197 Å². The van der Waals surface area contributed by atoms with Crippen molar-refractivity contribution in [2.75, 3.05) is 25.4 Å². The van der Waals surface area contributed by atoms with Crippen LogP contribution in [0.3, 0.4) is 0 Å². The van der Waals surface area contributed by atoms with E-state index in [9.17, 15) is 18.0 Å². The SMILES string of the molecule is CC(N)(CCO)C(=O)N1CCC(c2ccc(N)c(C3=CCCCC3)c2)CC1.O=C(O)C(F)(F)F. The highest BCUT2D eigenvalue weighted by molar-refractivity contribution is 5.85. The molecule has 6 N–H and O–H groups in total. The van der Waals surface area contributed by atoms with Crippen molar-refractivity contribution in [2.24, 2.45) is 5.73 Å². The number of carboxylic acid groups (broad SMARTS) is 1. The number of carbonyl (C=O) groups excluding carboxylic acids is 1. The molecule has 1 atom stereocenters. The summed E-state index contributed by atoms with van der Waals surface area (Å²) in [7, 11) is 0. The molecule has 10 heteroatoms. The van der Waals surface area contributed by atoms with E-state index in [0.717, 1.165) is 31.4 Å². The normalized spacial score (nSPS) is 18.9. The molecule has 34 heavy (non-hydrogen) atoms. The quantitative estimate of drug-likeness (QED) is 0.471. The van der Waals surface area contributed by atoms with Crippen molar-refractivity contribution in [3.63, 3.8) is 0 Å². The van der Waals surface area contributed by atoms with Gasteiger partial charge < -0.3 is 26.6 Å². The first-order chi connectivity index (χ1) is 15.9. The molecule has 7 nitrogen and oxygen atoms in total. The third-order valence-corrected chi connectivity index (χ3v) is 6.33. The maximum atomic E-state index is 12.6. The smallest absolute Gasteiger partial charge is 0.475 e. The number of hydrogen-bond donors (Lipinski definition) is 4. The van der Waals surface area contributed by atoms with Gasteiger partial charge in [-0.25, -0.2) is 4.79 Å². The molecule has 1 aliphatic carbocycles. The van der Waals surface area contributed by atoms with Crippen LogP contribution in [0.4, 0.5) is 18.9 Å². The lowest BCUT2D eigenvalue weighted by Crippen LogP contribution is -2.55. The van der Waals surface area contributed by atoms with Crippen molar-refractivity contribution >= 4 is 23.1 Å². The number of anilines is 1. The number of piperidine rings is 1. The minimum Gasteiger partial charge on any atom is -0.475 e. The first-order valence-electron chi connectivity index (χ1n) is 11.4. The van der Waals surface area contributed by atoms with Gasteiger partial charge in [0.1, 0.15) is 0 Å². The molecule has 3 rings (SSSR count). The van der Waals surface area contributed by atoms with Gasteiger partial charge in [0.15, 0.2) is 0 Å². The summed E-state index contributed by atoms with van der Waals surface area (Å²) in [5.41, 5.74) is 16.1. The van der Waals surface area contributed by atoms with Crippen LogP contribution in [-0.4, -0.2) is 58.4 Å². The van der Waals surface area contributed by atoms with E-state index >= 15 is 0 Å². The molecule has 0 radical (unpaired) electrons. The minimum atomic E-state index is -5.08. The number of likely N-dealkylation sites (tertiary alicyclic amines) is 1. The first-order valence-corrected chi connectivity index (χ1v) is 11.4. The molecule has 0 spiro atoms. The Kier molecular flexibility index (Phi) is 9.52. The Morgan fingerprint density at radius 2 is 1.79 bits per heavy atom. The van der Waals surface area contributed by atoms with Crippen LogP contribution < -0.4 is 11.5 Å². The van der Waals surface area contributed by atoms with E-state index in [0.29, 0.717) is 25.4 Å². The van der Waals surface area contributed by atoms with Crippen LogP contribution in [0.15, 0.2) is 24.3 Å². The van der Waals surface area contributed by atoms with E-state index in [1.807, 2.05) is 11.0 Å². The fraction of sp³-hybridized carbons (Fsp3) is 0.583. The van der Waals surface area contributed by atoms with Gasteiger partial charge in [-0.15, -0.1) is 0 Å². The van der Waals surface area contributed by atoms with Gasteiger partial charge in [-0.2, -0.15) is 13.2 Å². The molecule has 1 heterocycles. The molecular weight excluding hydrogens is 451 g/mol. The summed E-state index contributed by atoms with van der Waals surface area (Å²) in [5, 5.41) is 16.3. The maximum Gasteiger partial charge on any atom is 0.490 e. The summed E-state index contributed by atoms with van der Waals surface area (Å²) in [6, 6.07) is 6.45. The van der Waals surface area contributed by atoms with E-state index < -0.39 is 17.7 Å². The molecule has 0 bridgehead atoms. The molecular formula is C24H34F3N3O4. The largest absolute Gasteiger partial charge is 0.490 e. The molecule has 1 aromatic carbocycles. The highest BCUT2D eigenvalue weighted by Crippen LogP contribution is 2.35. The van der Waals surface area contributed by atoms with Gasteiger partial charge in [-0.3, -0.25) is 4.79 Å². The van der Waals surface area contributed by atoms with Crippen LogP contribution in [-0.2, 0) is 9.59 Å². The van der Waals surface area contributed by atoms with E-state index in [1.54, 1.807) is 6.92 Å². The second-order valence-electron chi connectivity index (χ2n) is 9.08. The molecule has 1 aliphatic heterocycles. The van der Waals surface area contributed by atoms with Crippen molar-refractivity contribution in [3.8, 4) is 0 Å². The van der Waals surface area contributed by atoms with Gasteiger partial charge in [0.25, 0.3) is 0 Å². The topological polar surface area (TPSA) is 130 Å². The highest BCUT2D eigenvalue weighted by atomic mass is 19.4. The highest BCUT2D eigenvalue weighted by Gasteiger charge is 2.38. The predicted molar refractivity (Wildman–Crippen MR) is 124 cm³/mol. The number of nitrogens with zero attached hydrogens (tertiary/aromatic N) is 1. The molecule has 1 saturated heterocycles. The van der Waals surface area contributed by atoms with Crippen molar-refractivity contribution in [2.45, 2.75) is 69.5 Å². The van der Waals surface area contributed by atoms with Crippen molar-refractivity contribution in [1.82, 2.24) is 4.90 Å². The third kappa shape index (κ3) is 7.46. The van der Waals surface area contributed by atoms with Crippen molar-refractivity contribution in [3.05, 3.63) is 35.4 Å². The summed E-state index contributed by atoms with van der Waals surface area (Å²) >= 11 is 0. The van der Waals surface area contributed by atoms with Crippen LogP contribution in [0.1, 0.15) is 68.9 Å². The van der Waals surface area contributed by atoms with E-state index in [1.165, 1.54) is 29.5 Å². The fourth-order valence-electron chi connectivity index (χ4n) is 4.30. The van der Waals surface area contributed by atoms with Gasteiger partial charge in [-0.1, -0.05) is 12.1 Å².